The Labute approximate surface area is 217 Å². The third-order valence-electron chi connectivity index (χ3n) is 7.53. The molecule has 5 rings (SSSR count). The van der Waals surface area contributed by atoms with E-state index in [1.807, 2.05) is 11.2 Å². The lowest BCUT2D eigenvalue weighted by atomic mass is 10.0. The second-order valence-corrected chi connectivity index (χ2v) is 9.82. The molecule has 5 heterocycles. The summed E-state index contributed by atoms with van der Waals surface area (Å²) in [6, 6.07) is 5.25. The van der Waals surface area contributed by atoms with Crippen molar-refractivity contribution < 1.29 is 22.7 Å². The van der Waals surface area contributed by atoms with E-state index < -0.39 is 17.3 Å². The van der Waals surface area contributed by atoms with Crippen molar-refractivity contribution in [2.24, 2.45) is 0 Å². The van der Waals surface area contributed by atoms with Gasteiger partial charge in [-0.15, -0.1) is 0 Å². The number of halogens is 3. The average molecular weight is 532 g/mol. The van der Waals surface area contributed by atoms with Gasteiger partial charge in [0.1, 0.15) is 17.5 Å². The van der Waals surface area contributed by atoms with Crippen molar-refractivity contribution in [3.05, 3.63) is 46.0 Å². The van der Waals surface area contributed by atoms with Crippen LogP contribution in [0.3, 0.4) is 0 Å². The Balaban J connectivity index is 1.16. The van der Waals surface area contributed by atoms with E-state index in [0.29, 0.717) is 64.0 Å². The van der Waals surface area contributed by atoms with E-state index in [1.165, 1.54) is 6.20 Å². The highest BCUT2D eigenvalue weighted by molar-refractivity contribution is 5.77. The normalized spacial score (nSPS) is 24.1. The maximum Gasteiger partial charge on any atom is 0.423 e. The van der Waals surface area contributed by atoms with Crippen molar-refractivity contribution >= 4 is 17.4 Å². The van der Waals surface area contributed by atoms with Crippen molar-refractivity contribution in [3.8, 4) is 6.07 Å². The summed E-state index contributed by atoms with van der Waals surface area (Å²) in [5.74, 6) is 0.757. The minimum absolute atomic E-state index is 0.00971. The fourth-order valence-electron chi connectivity index (χ4n) is 5.67. The monoisotopic (exact) mass is 531 g/mol. The Morgan fingerprint density at radius 2 is 1.92 bits per heavy atom. The van der Waals surface area contributed by atoms with Crippen LogP contribution in [-0.4, -0.2) is 77.0 Å². The number of nitriles is 1. The van der Waals surface area contributed by atoms with Crippen LogP contribution in [0.1, 0.15) is 43.2 Å². The maximum atomic E-state index is 13.6. The minimum atomic E-state index is -4.80. The van der Waals surface area contributed by atoms with Crippen LogP contribution in [0, 0.1) is 11.3 Å². The molecule has 0 saturated carbocycles. The fourth-order valence-corrected chi connectivity index (χ4v) is 5.67. The molecule has 1 amide bonds. The molecule has 3 saturated heterocycles. The number of nitrogens with zero attached hydrogens (tertiary/aromatic N) is 6. The second-order valence-electron chi connectivity index (χ2n) is 9.82. The Hall–Kier alpha value is -3.66. The van der Waals surface area contributed by atoms with Gasteiger partial charge in [0.15, 0.2) is 0 Å². The van der Waals surface area contributed by atoms with Crippen molar-refractivity contribution in [3.63, 3.8) is 0 Å². The van der Waals surface area contributed by atoms with Crippen LogP contribution in [0.5, 0.6) is 0 Å². The smallest absolute Gasteiger partial charge is 0.372 e. The Morgan fingerprint density at radius 1 is 1.13 bits per heavy atom. The number of hydrogen-bond acceptors (Lipinski definition) is 8. The van der Waals surface area contributed by atoms with Gasteiger partial charge in [-0.25, -0.2) is 10.1 Å². The lowest BCUT2D eigenvalue weighted by Gasteiger charge is -2.36. The number of amides is 1. The molecule has 0 aliphatic carbocycles. The standard InChI is InChI=1S/C25H28F3N7O3/c26-25(27,28)23-19(15-31-32-24(23)37)35-7-1-2-18(35)20-5-4-17(38-20)12-22(36)34-10-8-33(9-11-34)21-6-3-16(13-29)14-30-21/h3,6,14-15,17-18,20H,1-2,4-5,7-12H2,(H,32,37)/t17-,18-,20-/m0/s1. The number of H-pyrrole nitrogens is 1. The summed E-state index contributed by atoms with van der Waals surface area (Å²) in [4.78, 5) is 34.7. The number of aromatic nitrogens is 3. The van der Waals surface area contributed by atoms with E-state index in [-0.39, 0.29) is 36.3 Å². The second kappa shape index (κ2) is 10.6. The van der Waals surface area contributed by atoms with Crippen LogP contribution in [0.4, 0.5) is 24.7 Å². The van der Waals surface area contributed by atoms with Crippen LogP contribution in [0.25, 0.3) is 0 Å². The number of alkyl halides is 3. The van der Waals surface area contributed by atoms with E-state index in [1.54, 1.807) is 21.9 Å². The lowest BCUT2D eigenvalue weighted by Crippen LogP contribution is -2.49. The van der Waals surface area contributed by atoms with Crippen LogP contribution in [0.15, 0.2) is 29.3 Å². The number of nitrogens with one attached hydrogen (secondary N) is 1. The first kappa shape index (κ1) is 26.0. The number of carbonyl (C=O) groups excluding carboxylic acids is 1. The number of ether oxygens (including phenoxy) is 1. The molecule has 38 heavy (non-hydrogen) atoms. The number of anilines is 2. The summed E-state index contributed by atoms with van der Waals surface area (Å²) in [5, 5.41) is 14.4. The maximum absolute atomic E-state index is 13.6. The topological polar surface area (TPSA) is 118 Å². The number of piperazine rings is 1. The quantitative estimate of drug-likeness (QED) is 0.625. The third-order valence-corrected chi connectivity index (χ3v) is 7.53. The summed E-state index contributed by atoms with van der Waals surface area (Å²) in [6.45, 7) is 2.72. The fraction of sp³-hybridized carbons (Fsp3) is 0.560. The molecular formula is C25H28F3N7O3. The third kappa shape index (κ3) is 5.31. The lowest BCUT2D eigenvalue weighted by molar-refractivity contribution is -0.138. The van der Waals surface area contributed by atoms with Gasteiger partial charge in [-0.05, 0) is 37.8 Å². The first-order valence-electron chi connectivity index (χ1n) is 12.7. The molecule has 0 aromatic carbocycles. The highest BCUT2D eigenvalue weighted by Gasteiger charge is 2.44. The number of rotatable bonds is 5. The Kier molecular flexibility index (Phi) is 7.25. The van der Waals surface area contributed by atoms with E-state index in [9.17, 15) is 22.8 Å². The van der Waals surface area contributed by atoms with E-state index in [0.717, 1.165) is 12.0 Å². The zero-order valence-corrected chi connectivity index (χ0v) is 20.7. The predicted octanol–water partition coefficient (Wildman–Crippen LogP) is 2.31. The van der Waals surface area contributed by atoms with Gasteiger partial charge in [0.25, 0.3) is 5.56 Å². The Morgan fingerprint density at radius 3 is 2.61 bits per heavy atom. The summed E-state index contributed by atoms with van der Waals surface area (Å²) in [7, 11) is 0. The van der Waals surface area contributed by atoms with E-state index in [2.05, 4.69) is 15.0 Å². The molecule has 0 bridgehead atoms. The van der Waals surface area contributed by atoms with Gasteiger partial charge < -0.3 is 19.4 Å². The van der Waals surface area contributed by atoms with Crippen LogP contribution >= 0.6 is 0 Å². The van der Waals surface area contributed by atoms with Crippen LogP contribution < -0.4 is 15.4 Å². The van der Waals surface area contributed by atoms with E-state index >= 15 is 0 Å². The first-order chi connectivity index (χ1) is 18.2. The molecule has 2 aromatic heterocycles. The van der Waals surface area contributed by atoms with Gasteiger partial charge in [0.2, 0.25) is 5.91 Å². The molecule has 10 nitrogen and oxygen atoms in total. The summed E-state index contributed by atoms with van der Waals surface area (Å²) < 4.78 is 47.1. The predicted molar refractivity (Wildman–Crippen MR) is 130 cm³/mol. The zero-order chi connectivity index (χ0) is 26.9. The van der Waals surface area contributed by atoms with Gasteiger partial charge in [-0.1, -0.05) is 0 Å². The zero-order valence-electron chi connectivity index (χ0n) is 20.7. The Bertz CT molecular complexity index is 1250. The van der Waals surface area contributed by atoms with E-state index in [4.69, 9.17) is 10.00 Å². The summed E-state index contributed by atoms with van der Waals surface area (Å²) >= 11 is 0. The molecule has 0 unspecified atom stereocenters. The highest BCUT2D eigenvalue weighted by atomic mass is 19.4. The molecule has 2 aromatic rings. The van der Waals surface area contributed by atoms with Gasteiger partial charge in [-0.2, -0.15) is 23.5 Å². The molecule has 13 heteroatoms. The molecule has 1 N–H and O–H groups in total. The van der Waals surface area contributed by atoms with Crippen molar-refractivity contribution in [1.29, 1.82) is 5.26 Å². The minimum Gasteiger partial charge on any atom is -0.372 e. The highest BCUT2D eigenvalue weighted by Crippen LogP contribution is 2.39. The van der Waals surface area contributed by atoms with Gasteiger partial charge in [0.05, 0.1) is 42.1 Å². The number of aromatic amines is 1. The van der Waals surface area contributed by atoms with Gasteiger partial charge in [0, 0.05) is 38.9 Å². The molecule has 3 aliphatic heterocycles. The first-order valence-corrected chi connectivity index (χ1v) is 12.7. The molecule has 3 aliphatic rings. The number of carbonyl (C=O) groups is 1. The van der Waals surface area contributed by atoms with Crippen molar-refractivity contribution in [2.75, 3.05) is 42.5 Å². The number of hydrogen-bond donors (Lipinski definition) is 1. The van der Waals surface area contributed by atoms with Gasteiger partial charge in [-0.3, -0.25) is 9.59 Å². The molecule has 202 valence electrons. The summed E-state index contributed by atoms with van der Waals surface area (Å²) in [6.07, 6.45) is -0.0119. The molecule has 0 spiro atoms. The SMILES string of the molecule is N#Cc1ccc(N2CCN(C(=O)C[C@@H]3CC[C@@H]([C@@H]4CCCN4c4cn[nH]c(=O)c4C(F)(F)F)O3)CC2)nc1. The molecule has 0 radical (unpaired) electrons. The molecular weight excluding hydrogens is 503 g/mol. The van der Waals surface area contributed by atoms with Gasteiger partial charge >= 0.3 is 6.18 Å². The van der Waals surface area contributed by atoms with Crippen LogP contribution in [-0.2, 0) is 15.7 Å². The van der Waals surface area contributed by atoms with Crippen molar-refractivity contribution in [1.82, 2.24) is 20.1 Å². The molecule has 3 fully saturated rings. The van der Waals surface area contributed by atoms with Crippen LogP contribution in [0.2, 0.25) is 0 Å². The largest absolute Gasteiger partial charge is 0.423 e. The van der Waals surface area contributed by atoms with Crippen molar-refractivity contribution in [2.45, 2.75) is 56.5 Å². The average Bonchev–Trinajstić information content (AvgIpc) is 3.57. The molecule has 3 atom stereocenters. The summed E-state index contributed by atoms with van der Waals surface area (Å²) in [5.41, 5.74) is -2.22. The number of pyridine rings is 1.